The van der Waals surface area contributed by atoms with Gasteiger partial charge in [-0.15, -0.1) is 0 Å². The van der Waals surface area contributed by atoms with E-state index in [9.17, 15) is 0 Å². The lowest BCUT2D eigenvalue weighted by atomic mass is 9.89. The van der Waals surface area contributed by atoms with Crippen molar-refractivity contribution >= 4 is 23.0 Å². The minimum absolute atomic E-state index is 0.379. The van der Waals surface area contributed by atoms with Gasteiger partial charge in [0.05, 0.1) is 6.10 Å². The van der Waals surface area contributed by atoms with E-state index in [0.29, 0.717) is 17.1 Å². The SMILES string of the molecule is CCOC1CC(Nc2ccc(C(N)=S)cn2)C1. The molecule has 0 amide bonds. The summed E-state index contributed by atoms with van der Waals surface area (Å²) in [5.41, 5.74) is 6.31. The Balaban J connectivity index is 1.82. The fourth-order valence-electron chi connectivity index (χ4n) is 1.89. The molecule has 0 atom stereocenters. The Bertz CT molecular complexity index is 387. The van der Waals surface area contributed by atoms with Crippen LogP contribution in [0.4, 0.5) is 5.82 Å². The molecule has 1 aliphatic carbocycles. The highest BCUT2D eigenvalue weighted by Crippen LogP contribution is 2.26. The molecule has 1 fully saturated rings. The molecule has 1 heterocycles. The van der Waals surface area contributed by atoms with Crippen LogP contribution in [0.25, 0.3) is 0 Å². The zero-order valence-electron chi connectivity index (χ0n) is 9.85. The topological polar surface area (TPSA) is 60.2 Å². The quantitative estimate of drug-likeness (QED) is 0.780. The van der Waals surface area contributed by atoms with Crippen molar-refractivity contribution in [2.24, 2.45) is 5.73 Å². The van der Waals surface area contributed by atoms with Crippen molar-refractivity contribution in [3.8, 4) is 0 Å². The van der Waals surface area contributed by atoms with Gasteiger partial charge in [0.2, 0.25) is 0 Å². The average Bonchev–Trinajstić information content (AvgIpc) is 2.27. The van der Waals surface area contributed by atoms with Gasteiger partial charge < -0.3 is 15.8 Å². The molecule has 0 aromatic carbocycles. The molecule has 0 radical (unpaired) electrons. The summed E-state index contributed by atoms with van der Waals surface area (Å²) in [5.74, 6) is 0.866. The molecule has 0 spiro atoms. The van der Waals surface area contributed by atoms with E-state index in [-0.39, 0.29) is 0 Å². The maximum absolute atomic E-state index is 5.51. The Morgan fingerprint density at radius 1 is 1.59 bits per heavy atom. The van der Waals surface area contributed by atoms with Gasteiger partial charge in [0, 0.05) is 24.4 Å². The van der Waals surface area contributed by atoms with Crippen LogP contribution in [0, 0.1) is 0 Å². The zero-order chi connectivity index (χ0) is 12.3. The average molecular weight is 251 g/mol. The molecule has 0 aliphatic heterocycles. The van der Waals surface area contributed by atoms with Crippen LogP contribution in [0.3, 0.4) is 0 Å². The lowest BCUT2D eigenvalue weighted by molar-refractivity contribution is 0.00292. The Morgan fingerprint density at radius 3 is 2.88 bits per heavy atom. The summed E-state index contributed by atoms with van der Waals surface area (Å²) in [6.07, 6.45) is 4.20. The predicted molar refractivity (Wildman–Crippen MR) is 72.2 cm³/mol. The second-order valence-electron chi connectivity index (χ2n) is 4.19. The second kappa shape index (κ2) is 5.42. The summed E-state index contributed by atoms with van der Waals surface area (Å²) >= 11 is 4.87. The lowest BCUT2D eigenvalue weighted by Gasteiger charge is -2.35. The fraction of sp³-hybridized carbons (Fsp3) is 0.500. The van der Waals surface area contributed by atoms with Crippen LogP contribution in [0.2, 0.25) is 0 Å². The third kappa shape index (κ3) is 3.14. The molecule has 1 aromatic rings. The molecule has 1 aliphatic rings. The molecule has 1 saturated carbocycles. The molecular weight excluding hydrogens is 234 g/mol. The number of aromatic nitrogens is 1. The van der Waals surface area contributed by atoms with E-state index in [4.69, 9.17) is 22.7 Å². The van der Waals surface area contributed by atoms with Crippen LogP contribution >= 0.6 is 12.2 Å². The molecular formula is C12H17N3OS. The minimum Gasteiger partial charge on any atom is -0.389 e. The van der Waals surface area contributed by atoms with Crippen LogP contribution in [-0.2, 0) is 4.74 Å². The third-order valence-corrected chi connectivity index (χ3v) is 3.13. The second-order valence-corrected chi connectivity index (χ2v) is 4.63. The van der Waals surface area contributed by atoms with Crippen molar-refractivity contribution in [3.63, 3.8) is 0 Å². The van der Waals surface area contributed by atoms with Crippen LogP contribution in [0.15, 0.2) is 18.3 Å². The molecule has 3 N–H and O–H groups in total. The number of nitrogens with one attached hydrogen (secondary N) is 1. The number of anilines is 1. The van der Waals surface area contributed by atoms with Gasteiger partial charge in [-0.1, -0.05) is 12.2 Å². The summed E-state index contributed by atoms with van der Waals surface area (Å²) < 4.78 is 5.50. The molecule has 4 nitrogen and oxygen atoms in total. The maximum atomic E-state index is 5.51. The van der Waals surface area contributed by atoms with Gasteiger partial charge in [0.25, 0.3) is 0 Å². The smallest absolute Gasteiger partial charge is 0.126 e. The summed E-state index contributed by atoms with van der Waals surface area (Å²) in [6, 6.07) is 4.26. The Morgan fingerprint density at radius 2 is 2.35 bits per heavy atom. The first kappa shape index (κ1) is 12.3. The number of hydrogen-bond acceptors (Lipinski definition) is 4. The maximum Gasteiger partial charge on any atom is 0.126 e. The van der Waals surface area contributed by atoms with Crippen molar-refractivity contribution < 1.29 is 4.74 Å². The van der Waals surface area contributed by atoms with Crippen LogP contribution in [0.5, 0.6) is 0 Å². The number of nitrogens with two attached hydrogens (primary N) is 1. The third-order valence-electron chi connectivity index (χ3n) is 2.90. The number of hydrogen-bond donors (Lipinski definition) is 2. The number of rotatable bonds is 5. The first-order valence-electron chi connectivity index (χ1n) is 5.83. The summed E-state index contributed by atoms with van der Waals surface area (Å²) in [4.78, 5) is 4.65. The van der Waals surface area contributed by atoms with Crippen molar-refractivity contribution in [1.29, 1.82) is 0 Å². The van der Waals surface area contributed by atoms with E-state index >= 15 is 0 Å². The Labute approximate surface area is 107 Å². The lowest BCUT2D eigenvalue weighted by Crippen LogP contribution is -2.41. The van der Waals surface area contributed by atoms with E-state index < -0.39 is 0 Å². The van der Waals surface area contributed by atoms with E-state index in [1.54, 1.807) is 6.20 Å². The van der Waals surface area contributed by atoms with Crippen molar-refractivity contribution in [3.05, 3.63) is 23.9 Å². The summed E-state index contributed by atoms with van der Waals surface area (Å²) in [5, 5.41) is 3.36. The molecule has 92 valence electrons. The number of ether oxygens (including phenoxy) is 1. The molecule has 0 saturated heterocycles. The standard InChI is InChI=1S/C12H17N3OS/c1-2-16-10-5-9(6-10)15-11-4-3-8(7-14-11)12(13)17/h3-4,7,9-10H,2,5-6H2,1H3,(H2,13,17)(H,14,15). The minimum atomic E-state index is 0.379. The highest BCUT2D eigenvalue weighted by atomic mass is 32.1. The monoisotopic (exact) mass is 251 g/mol. The van der Waals surface area contributed by atoms with E-state index in [1.165, 1.54) is 0 Å². The van der Waals surface area contributed by atoms with E-state index in [0.717, 1.165) is 30.8 Å². The molecule has 2 rings (SSSR count). The highest BCUT2D eigenvalue weighted by Gasteiger charge is 2.29. The molecule has 5 heteroatoms. The van der Waals surface area contributed by atoms with Gasteiger partial charge in [0.1, 0.15) is 10.8 Å². The van der Waals surface area contributed by atoms with Gasteiger partial charge in [0.15, 0.2) is 0 Å². The molecule has 1 aromatic heterocycles. The zero-order valence-corrected chi connectivity index (χ0v) is 10.7. The van der Waals surface area contributed by atoms with Gasteiger partial charge in [-0.2, -0.15) is 0 Å². The van der Waals surface area contributed by atoms with Gasteiger partial charge >= 0.3 is 0 Å². The Hall–Kier alpha value is -1.20. The van der Waals surface area contributed by atoms with Gasteiger partial charge in [-0.05, 0) is 31.9 Å². The van der Waals surface area contributed by atoms with Gasteiger partial charge in [-0.3, -0.25) is 0 Å². The van der Waals surface area contributed by atoms with E-state index in [1.807, 2.05) is 19.1 Å². The fourth-order valence-corrected chi connectivity index (χ4v) is 2.01. The van der Waals surface area contributed by atoms with Crippen molar-refractivity contribution in [2.75, 3.05) is 11.9 Å². The van der Waals surface area contributed by atoms with Crippen LogP contribution in [0.1, 0.15) is 25.3 Å². The number of thiocarbonyl (C=S) groups is 1. The largest absolute Gasteiger partial charge is 0.389 e. The molecule has 17 heavy (non-hydrogen) atoms. The summed E-state index contributed by atoms with van der Waals surface area (Å²) in [6.45, 7) is 2.81. The van der Waals surface area contributed by atoms with E-state index in [2.05, 4.69) is 10.3 Å². The normalized spacial score (nSPS) is 22.9. The van der Waals surface area contributed by atoms with Crippen LogP contribution < -0.4 is 11.1 Å². The van der Waals surface area contributed by atoms with Crippen molar-refractivity contribution in [1.82, 2.24) is 4.98 Å². The Kier molecular flexibility index (Phi) is 3.91. The first-order valence-corrected chi connectivity index (χ1v) is 6.24. The predicted octanol–water partition coefficient (Wildman–Crippen LogP) is 1.70. The summed E-state index contributed by atoms with van der Waals surface area (Å²) in [7, 11) is 0. The van der Waals surface area contributed by atoms with Crippen molar-refractivity contribution in [2.45, 2.75) is 31.9 Å². The number of nitrogens with zero attached hydrogens (tertiary/aromatic N) is 1. The molecule has 0 unspecified atom stereocenters. The highest BCUT2D eigenvalue weighted by molar-refractivity contribution is 7.80. The molecule has 0 bridgehead atoms. The van der Waals surface area contributed by atoms with Crippen LogP contribution in [-0.4, -0.2) is 28.7 Å². The number of pyridine rings is 1. The van der Waals surface area contributed by atoms with Gasteiger partial charge in [-0.25, -0.2) is 4.98 Å². The first-order chi connectivity index (χ1) is 8.19.